The number of anilines is 2. The van der Waals surface area contributed by atoms with Crippen molar-refractivity contribution < 1.29 is 9.59 Å². The van der Waals surface area contributed by atoms with Crippen molar-refractivity contribution in [3.63, 3.8) is 0 Å². The van der Waals surface area contributed by atoms with E-state index in [9.17, 15) is 9.59 Å². The number of carbonyl (C=O) groups excluding carboxylic acids is 2. The molecular formula is C23H20BrN3O2S. The minimum Gasteiger partial charge on any atom is -0.325 e. The predicted octanol–water partition coefficient (Wildman–Crippen LogP) is 5.62. The van der Waals surface area contributed by atoms with Crippen LogP contribution >= 0.6 is 27.3 Å². The SMILES string of the molecule is Cc1ccc(NC(=O)CN2C(=O)CC(c3ccc(Br)s3)=Nc3ccccc32)cc1C. The summed E-state index contributed by atoms with van der Waals surface area (Å²) in [6.07, 6.45) is 0.137. The van der Waals surface area contributed by atoms with Gasteiger partial charge in [0.15, 0.2) is 0 Å². The predicted molar refractivity (Wildman–Crippen MR) is 126 cm³/mol. The monoisotopic (exact) mass is 481 g/mol. The molecule has 30 heavy (non-hydrogen) atoms. The molecule has 1 N–H and O–H groups in total. The van der Waals surface area contributed by atoms with Crippen LogP contribution in [-0.4, -0.2) is 24.1 Å². The van der Waals surface area contributed by atoms with Crippen molar-refractivity contribution in [1.82, 2.24) is 0 Å². The number of rotatable bonds is 4. The van der Waals surface area contributed by atoms with Crippen LogP contribution in [0.3, 0.4) is 0 Å². The van der Waals surface area contributed by atoms with Crippen LogP contribution in [0.5, 0.6) is 0 Å². The van der Waals surface area contributed by atoms with E-state index in [1.54, 1.807) is 0 Å². The summed E-state index contributed by atoms with van der Waals surface area (Å²) in [6, 6.07) is 17.1. The first-order valence-electron chi connectivity index (χ1n) is 9.50. The van der Waals surface area contributed by atoms with Gasteiger partial charge < -0.3 is 10.2 Å². The van der Waals surface area contributed by atoms with Gasteiger partial charge >= 0.3 is 0 Å². The van der Waals surface area contributed by atoms with Gasteiger partial charge in [-0.05, 0) is 77.3 Å². The molecule has 0 fully saturated rings. The number of amides is 2. The summed E-state index contributed by atoms with van der Waals surface area (Å²) < 4.78 is 0.981. The maximum atomic E-state index is 13.1. The van der Waals surface area contributed by atoms with Crippen molar-refractivity contribution in [3.05, 3.63) is 74.4 Å². The third-order valence-corrected chi connectivity index (χ3v) is 6.67. The fourth-order valence-corrected chi connectivity index (χ4v) is 4.67. The topological polar surface area (TPSA) is 61.8 Å². The van der Waals surface area contributed by atoms with Gasteiger partial charge in [-0.2, -0.15) is 0 Å². The van der Waals surface area contributed by atoms with E-state index < -0.39 is 0 Å². The number of nitrogens with zero attached hydrogens (tertiary/aromatic N) is 2. The molecule has 2 heterocycles. The number of carbonyl (C=O) groups is 2. The molecule has 0 unspecified atom stereocenters. The summed E-state index contributed by atoms with van der Waals surface area (Å²) in [7, 11) is 0. The molecule has 0 radical (unpaired) electrons. The minimum absolute atomic E-state index is 0.0697. The first-order chi connectivity index (χ1) is 14.4. The Bertz CT molecular complexity index is 1170. The van der Waals surface area contributed by atoms with E-state index in [0.717, 1.165) is 25.5 Å². The molecule has 0 aliphatic carbocycles. The number of hydrogen-bond donors (Lipinski definition) is 1. The minimum atomic E-state index is -0.247. The van der Waals surface area contributed by atoms with Crippen LogP contribution in [0.2, 0.25) is 0 Å². The fourth-order valence-electron chi connectivity index (χ4n) is 3.29. The second kappa shape index (κ2) is 8.53. The Balaban J connectivity index is 1.59. The van der Waals surface area contributed by atoms with Crippen LogP contribution in [0.15, 0.2) is 63.4 Å². The zero-order chi connectivity index (χ0) is 21.3. The largest absolute Gasteiger partial charge is 0.325 e. The third-order valence-electron chi connectivity index (χ3n) is 5.00. The lowest BCUT2D eigenvalue weighted by Gasteiger charge is -2.22. The number of nitrogens with one attached hydrogen (secondary N) is 1. The van der Waals surface area contributed by atoms with E-state index in [1.165, 1.54) is 16.2 Å². The number of halogens is 1. The second-order valence-electron chi connectivity index (χ2n) is 7.15. The van der Waals surface area contributed by atoms with Gasteiger partial charge in [0.05, 0.1) is 32.2 Å². The van der Waals surface area contributed by atoms with Crippen LogP contribution in [0.1, 0.15) is 22.4 Å². The van der Waals surface area contributed by atoms with E-state index in [-0.39, 0.29) is 24.8 Å². The lowest BCUT2D eigenvalue weighted by molar-refractivity contribution is -0.120. The first kappa shape index (κ1) is 20.5. The zero-order valence-corrected chi connectivity index (χ0v) is 19.0. The summed E-state index contributed by atoms with van der Waals surface area (Å²) in [5, 5.41) is 2.90. The summed E-state index contributed by atoms with van der Waals surface area (Å²) in [5.41, 5.74) is 5.02. The highest BCUT2D eigenvalue weighted by molar-refractivity contribution is 9.11. The number of fused-ring (bicyclic) bond motifs is 1. The van der Waals surface area contributed by atoms with Gasteiger partial charge in [-0.1, -0.05) is 18.2 Å². The summed E-state index contributed by atoms with van der Waals surface area (Å²) in [5.74, 6) is -0.401. The Morgan fingerprint density at radius 3 is 2.67 bits per heavy atom. The van der Waals surface area contributed by atoms with E-state index >= 15 is 0 Å². The van der Waals surface area contributed by atoms with Gasteiger partial charge in [0, 0.05) is 5.69 Å². The highest BCUT2D eigenvalue weighted by atomic mass is 79.9. The van der Waals surface area contributed by atoms with Crippen LogP contribution in [0, 0.1) is 13.8 Å². The number of para-hydroxylation sites is 2. The number of aliphatic imine (C=N–C) groups is 1. The Kier molecular flexibility index (Phi) is 5.83. The van der Waals surface area contributed by atoms with Crippen LogP contribution < -0.4 is 10.2 Å². The summed E-state index contributed by atoms with van der Waals surface area (Å²) >= 11 is 5.00. The molecule has 0 saturated carbocycles. The molecule has 7 heteroatoms. The average Bonchev–Trinajstić information content (AvgIpc) is 3.09. The molecule has 5 nitrogen and oxygen atoms in total. The van der Waals surface area contributed by atoms with E-state index in [1.807, 2.05) is 68.4 Å². The number of hydrogen-bond acceptors (Lipinski definition) is 4. The second-order valence-corrected chi connectivity index (χ2v) is 9.62. The Hall–Kier alpha value is -2.77. The van der Waals surface area contributed by atoms with Gasteiger partial charge in [-0.15, -0.1) is 11.3 Å². The molecule has 0 saturated heterocycles. The van der Waals surface area contributed by atoms with Gasteiger partial charge in [0.1, 0.15) is 6.54 Å². The van der Waals surface area contributed by atoms with Crippen LogP contribution in [-0.2, 0) is 9.59 Å². The highest BCUT2D eigenvalue weighted by Crippen LogP contribution is 2.34. The summed E-state index contributed by atoms with van der Waals surface area (Å²) in [4.78, 5) is 33.1. The average molecular weight is 482 g/mol. The molecule has 0 bridgehead atoms. The maximum Gasteiger partial charge on any atom is 0.244 e. The van der Waals surface area contributed by atoms with E-state index in [2.05, 4.69) is 21.2 Å². The number of aryl methyl sites for hydroxylation is 2. The summed E-state index contributed by atoms with van der Waals surface area (Å²) in [6.45, 7) is 3.96. The quantitative estimate of drug-likeness (QED) is 0.525. The van der Waals surface area contributed by atoms with Crippen molar-refractivity contribution in [3.8, 4) is 0 Å². The van der Waals surface area contributed by atoms with Crippen molar-refractivity contribution in [2.24, 2.45) is 4.99 Å². The maximum absolute atomic E-state index is 13.1. The molecular weight excluding hydrogens is 462 g/mol. The molecule has 152 valence electrons. The molecule has 0 atom stereocenters. The van der Waals surface area contributed by atoms with Gasteiger partial charge in [0.25, 0.3) is 0 Å². The van der Waals surface area contributed by atoms with E-state index in [0.29, 0.717) is 17.1 Å². The molecule has 2 aromatic carbocycles. The van der Waals surface area contributed by atoms with Gasteiger partial charge in [-0.25, -0.2) is 4.99 Å². The van der Waals surface area contributed by atoms with E-state index in [4.69, 9.17) is 4.99 Å². The molecule has 1 aromatic heterocycles. The Morgan fingerprint density at radius 1 is 1.13 bits per heavy atom. The van der Waals surface area contributed by atoms with Crippen molar-refractivity contribution in [2.75, 3.05) is 16.8 Å². The van der Waals surface area contributed by atoms with Crippen LogP contribution in [0.4, 0.5) is 17.1 Å². The van der Waals surface area contributed by atoms with Crippen molar-refractivity contribution >= 4 is 61.9 Å². The normalized spacial score (nSPS) is 13.5. The molecule has 4 rings (SSSR count). The van der Waals surface area contributed by atoms with Crippen LogP contribution in [0.25, 0.3) is 0 Å². The van der Waals surface area contributed by atoms with Crippen molar-refractivity contribution in [2.45, 2.75) is 20.3 Å². The number of thiophene rings is 1. The van der Waals surface area contributed by atoms with Gasteiger partial charge in [-0.3, -0.25) is 9.59 Å². The zero-order valence-electron chi connectivity index (χ0n) is 16.6. The highest BCUT2D eigenvalue weighted by Gasteiger charge is 2.27. The standard InChI is InChI=1S/C23H20BrN3O2S/c1-14-7-8-16(11-15(14)2)25-22(28)13-27-19-6-4-3-5-17(19)26-18(12-23(27)29)20-9-10-21(24)30-20/h3-11H,12-13H2,1-2H3,(H,25,28). The Labute approximate surface area is 187 Å². The first-order valence-corrected chi connectivity index (χ1v) is 11.1. The molecule has 0 spiro atoms. The smallest absolute Gasteiger partial charge is 0.244 e. The molecule has 1 aliphatic heterocycles. The van der Waals surface area contributed by atoms with Gasteiger partial charge in [0.2, 0.25) is 11.8 Å². The Morgan fingerprint density at radius 2 is 1.93 bits per heavy atom. The fraction of sp³-hybridized carbons (Fsp3) is 0.174. The lowest BCUT2D eigenvalue weighted by atomic mass is 10.1. The molecule has 2 amide bonds. The lowest BCUT2D eigenvalue weighted by Crippen LogP contribution is -2.38. The van der Waals surface area contributed by atoms with Crippen molar-refractivity contribution in [1.29, 1.82) is 0 Å². The number of benzene rings is 2. The third kappa shape index (κ3) is 4.37. The molecule has 3 aromatic rings. The molecule has 1 aliphatic rings.